The number of sulfone groups is 1. The van der Waals surface area contributed by atoms with Gasteiger partial charge in [-0.25, -0.2) is 8.42 Å². The summed E-state index contributed by atoms with van der Waals surface area (Å²) in [5.74, 6) is 0.275. The van der Waals surface area contributed by atoms with Crippen LogP contribution in [0.2, 0.25) is 0 Å². The maximum atomic E-state index is 12.0. The van der Waals surface area contributed by atoms with Crippen LogP contribution in [0.1, 0.15) is 15.9 Å². The van der Waals surface area contributed by atoms with Crippen LogP contribution >= 0.6 is 15.9 Å². The fraction of sp³-hybridized carbons (Fsp3) is 0.364. The van der Waals surface area contributed by atoms with Crippen molar-refractivity contribution in [3.05, 3.63) is 27.7 Å². The van der Waals surface area contributed by atoms with Crippen molar-refractivity contribution < 1.29 is 17.9 Å². The molecule has 4 nitrogen and oxygen atoms in total. The van der Waals surface area contributed by atoms with E-state index < -0.39 is 15.1 Å². The second kappa shape index (κ2) is 4.10. The van der Waals surface area contributed by atoms with E-state index in [1.54, 1.807) is 12.1 Å². The van der Waals surface area contributed by atoms with Crippen molar-refractivity contribution in [2.45, 2.75) is 11.7 Å². The standard InChI is InChI=1S/C11H11BrO4S/c1-16-8-4-3-6-7(10(8)12)5-9(11(6)13)17(2,14)15/h3-4,9H,5H2,1-2H3. The van der Waals surface area contributed by atoms with Crippen molar-refractivity contribution in [3.8, 4) is 5.75 Å². The number of carbonyl (C=O) groups is 1. The van der Waals surface area contributed by atoms with Crippen molar-refractivity contribution in [1.82, 2.24) is 0 Å². The van der Waals surface area contributed by atoms with Gasteiger partial charge in [-0.05, 0) is 40.0 Å². The first kappa shape index (κ1) is 12.6. The number of Topliss-reactive ketones (excluding diaryl/α,β-unsaturated/α-hetero) is 1. The van der Waals surface area contributed by atoms with Gasteiger partial charge >= 0.3 is 0 Å². The Morgan fingerprint density at radius 2 is 2.06 bits per heavy atom. The smallest absolute Gasteiger partial charge is 0.181 e. The Balaban J connectivity index is 2.56. The molecule has 92 valence electrons. The highest BCUT2D eigenvalue weighted by molar-refractivity contribution is 9.10. The first-order valence-corrected chi connectivity index (χ1v) is 7.69. The third-order valence-corrected chi connectivity index (χ3v) is 5.18. The van der Waals surface area contributed by atoms with Gasteiger partial charge in [0.15, 0.2) is 15.6 Å². The fourth-order valence-corrected chi connectivity index (χ4v) is 3.64. The molecule has 1 aromatic carbocycles. The second-order valence-corrected chi connectivity index (χ2v) is 7.02. The van der Waals surface area contributed by atoms with Crippen molar-refractivity contribution in [2.24, 2.45) is 0 Å². The Morgan fingerprint density at radius 3 is 2.59 bits per heavy atom. The van der Waals surface area contributed by atoms with E-state index in [-0.39, 0.29) is 12.2 Å². The van der Waals surface area contributed by atoms with Crippen LogP contribution in [0.3, 0.4) is 0 Å². The number of ketones is 1. The molecule has 1 aliphatic rings. The largest absolute Gasteiger partial charge is 0.496 e. The Kier molecular flexibility index (Phi) is 3.03. The van der Waals surface area contributed by atoms with Crippen LogP contribution in [0, 0.1) is 0 Å². The molecule has 0 saturated heterocycles. The fourth-order valence-electron chi connectivity index (χ4n) is 1.99. The number of halogens is 1. The predicted molar refractivity (Wildman–Crippen MR) is 67.4 cm³/mol. The third kappa shape index (κ3) is 1.99. The average Bonchev–Trinajstić information content (AvgIpc) is 2.57. The van der Waals surface area contributed by atoms with E-state index >= 15 is 0 Å². The molecule has 1 aliphatic carbocycles. The molecule has 6 heteroatoms. The van der Waals surface area contributed by atoms with E-state index in [4.69, 9.17) is 4.74 Å². The number of hydrogen-bond acceptors (Lipinski definition) is 4. The quantitative estimate of drug-likeness (QED) is 0.831. The van der Waals surface area contributed by atoms with Gasteiger partial charge in [-0.2, -0.15) is 0 Å². The molecular weight excluding hydrogens is 308 g/mol. The Bertz CT molecular complexity index is 592. The summed E-state index contributed by atoms with van der Waals surface area (Å²) >= 11 is 3.34. The Hall–Kier alpha value is -0.880. The summed E-state index contributed by atoms with van der Waals surface area (Å²) in [4.78, 5) is 12.0. The lowest BCUT2D eigenvalue weighted by molar-refractivity contribution is 0.0998. The minimum Gasteiger partial charge on any atom is -0.496 e. The molecule has 0 aliphatic heterocycles. The topological polar surface area (TPSA) is 60.4 Å². The van der Waals surface area contributed by atoms with E-state index in [2.05, 4.69) is 15.9 Å². The minimum absolute atomic E-state index is 0.213. The lowest BCUT2D eigenvalue weighted by Crippen LogP contribution is -2.26. The summed E-state index contributed by atoms with van der Waals surface area (Å²) < 4.78 is 28.8. The third-order valence-electron chi connectivity index (χ3n) is 2.89. The Labute approximate surface area is 108 Å². The molecule has 1 atom stereocenters. The van der Waals surface area contributed by atoms with Crippen molar-refractivity contribution in [2.75, 3.05) is 13.4 Å². The van der Waals surface area contributed by atoms with E-state index in [0.29, 0.717) is 21.3 Å². The van der Waals surface area contributed by atoms with Gasteiger partial charge in [0.1, 0.15) is 11.0 Å². The van der Waals surface area contributed by atoms with Gasteiger partial charge in [0.05, 0.1) is 11.6 Å². The van der Waals surface area contributed by atoms with Crippen molar-refractivity contribution in [3.63, 3.8) is 0 Å². The number of rotatable bonds is 2. The first-order valence-electron chi connectivity index (χ1n) is 4.94. The number of hydrogen-bond donors (Lipinski definition) is 0. The van der Waals surface area contributed by atoms with E-state index in [1.807, 2.05) is 0 Å². The van der Waals surface area contributed by atoms with E-state index in [0.717, 1.165) is 6.26 Å². The maximum absolute atomic E-state index is 12.0. The van der Waals surface area contributed by atoms with Crippen LogP contribution < -0.4 is 4.74 Å². The highest BCUT2D eigenvalue weighted by Crippen LogP contribution is 2.37. The lowest BCUT2D eigenvalue weighted by atomic mass is 10.1. The zero-order valence-corrected chi connectivity index (χ0v) is 11.8. The molecule has 17 heavy (non-hydrogen) atoms. The molecule has 0 spiro atoms. The molecule has 0 fully saturated rings. The zero-order chi connectivity index (χ0) is 12.8. The van der Waals surface area contributed by atoms with Crippen molar-refractivity contribution in [1.29, 1.82) is 0 Å². The van der Waals surface area contributed by atoms with Crippen LogP contribution in [0.25, 0.3) is 0 Å². The molecule has 0 amide bonds. The number of fused-ring (bicyclic) bond motifs is 1. The second-order valence-electron chi connectivity index (χ2n) is 3.99. The van der Waals surface area contributed by atoms with Gasteiger partial charge in [0, 0.05) is 11.8 Å². The molecule has 0 N–H and O–H groups in total. The van der Waals surface area contributed by atoms with E-state index in [1.165, 1.54) is 7.11 Å². The molecule has 2 rings (SSSR count). The van der Waals surface area contributed by atoms with Gasteiger partial charge in [0.2, 0.25) is 0 Å². The first-order chi connectivity index (χ1) is 7.86. The number of carbonyl (C=O) groups excluding carboxylic acids is 1. The molecule has 1 aromatic rings. The summed E-state index contributed by atoms with van der Waals surface area (Å²) in [6.07, 6.45) is 1.30. The van der Waals surface area contributed by atoms with Gasteiger partial charge in [-0.1, -0.05) is 0 Å². The lowest BCUT2D eigenvalue weighted by Gasteiger charge is -2.06. The SMILES string of the molecule is COc1ccc2c(c1Br)CC(S(C)(=O)=O)C2=O. The molecule has 1 unspecified atom stereocenters. The molecule has 0 bridgehead atoms. The predicted octanol–water partition coefficient (Wildman–Crippen LogP) is 1.61. The van der Waals surface area contributed by atoms with Crippen molar-refractivity contribution >= 4 is 31.6 Å². The highest BCUT2D eigenvalue weighted by atomic mass is 79.9. The number of benzene rings is 1. The monoisotopic (exact) mass is 318 g/mol. The molecule has 0 radical (unpaired) electrons. The Morgan fingerprint density at radius 1 is 1.41 bits per heavy atom. The maximum Gasteiger partial charge on any atom is 0.181 e. The van der Waals surface area contributed by atoms with Crippen LogP contribution in [-0.4, -0.2) is 32.8 Å². The molecule has 0 heterocycles. The summed E-state index contributed by atoms with van der Waals surface area (Å²) in [6.45, 7) is 0. The summed E-state index contributed by atoms with van der Waals surface area (Å²) in [5, 5.41) is -0.957. The average molecular weight is 319 g/mol. The minimum atomic E-state index is -3.37. The zero-order valence-electron chi connectivity index (χ0n) is 9.36. The van der Waals surface area contributed by atoms with Crippen LogP contribution in [0.4, 0.5) is 0 Å². The highest BCUT2D eigenvalue weighted by Gasteiger charge is 2.39. The van der Waals surface area contributed by atoms with Gasteiger partial charge in [-0.15, -0.1) is 0 Å². The van der Waals surface area contributed by atoms with Crippen LogP contribution in [0.5, 0.6) is 5.75 Å². The molecular formula is C11H11BrO4S. The normalized spacial score (nSPS) is 19.2. The molecule has 0 aromatic heterocycles. The van der Waals surface area contributed by atoms with Crippen LogP contribution in [-0.2, 0) is 16.3 Å². The summed E-state index contributed by atoms with van der Waals surface area (Å²) in [7, 11) is -1.84. The molecule has 0 saturated carbocycles. The number of ether oxygens (including phenoxy) is 1. The van der Waals surface area contributed by atoms with Gasteiger partial charge in [0.25, 0.3) is 0 Å². The summed E-state index contributed by atoms with van der Waals surface area (Å²) in [6, 6.07) is 3.28. The van der Waals surface area contributed by atoms with Gasteiger partial charge in [-0.3, -0.25) is 4.79 Å². The van der Waals surface area contributed by atoms with Gasteiger partial charge < -0.3 is 4.74 Å². The number of methoxy groups -OCH3 is 1. The van der Waals surface area contributed by atoms with Crippen LogP contribution in [0.15, 0.2) is 16.6 Å². The summed E-state index contributed by atoms with van der Waals surface area (Å²) in [5.41, 5.74) is 1.18. The van der Waals surface area contributed by atoms with E-state index in [9.17, 15) is 13.2 Å².